The molecule has 4 N–H and O–H groups in total. The molecule has 2 amide bonds. The smallest absolute Gasteiger partial charge is 0.383 e. The molecule has 1 unspecified atom stereocenters. The van der Waals surface area contributed by atoms with E-state index in [4.69, 9.17) is 5.73 Å². The van der Waals surface area contributed by atoms with Crippen LogP contribution in [0.2, 0.25) is 0 Å². The highest BCUT2D eigenvalue weighted by atomic mass is 32.1. The molecule has 1 atom stereocenters. The van der Waals surface area contributed by atoms with Crippen molar-refractivity contribution < 1.29 is 23.2 Å². The number of nitrogens with zero attached hydrogens (tertiary/aromatic N) is 2. The molecule has 0 aromatic carbocycles. The van der Waals surface area contributed by atoms with Gasteiger partial charge in [-0.15, -0.1) is 11.3 Å². The molecule has 2 heterocycles. The first kappa shape index (κ1) is 23.1. The molecule has 0 spiro atoms. The Balaban J connectivity index is 2.32. The van der Waals surface area contributed by atoms with Gasteiger partial charge in [-0.05, 0) is 17.4 Å². The lowest BCUT2D eigenvalue weighted by molar-refractivity contribution is -0.160. The van der Waals surface area contributed by atoms with Crippen LogP contribution < -0.4 is 21.9 Å². The van der Waals surface area contributed by atoms with E-state index in [1.165, 1.54) is 25.2 Å². The van der Waals surface area contributed by atoms with E-state index >= 15 is 0 Å². The van der Waals surface area contributed by atoms with Crippen LogP contribution in [-0.2, 0) is 20.9 Å². The van der Waals surface area contributed by atoms with E-state index in [-0.39, 0.29) is 11.5 Å². The van der Waals surface area contributed by atoms with E-state index in [1.54, 1.807) is 22.8 Å². The zero-order chi connectivity index (χ0) is 22.6. The molecule has 0 aliphatic carbocycles. The predicted octanol–water partition coefficient (Wildman–Crippen LogP) is 0.645. The fourth-order valence-electron chi connectivity index (χ4n) is 2.62. The van der Waals surface area contributed by atoms with E-state index in [2.05, 4.69) is 10.3 Å². The topological polar surface area (TPSA) is 136 Å². The number of hydrogen-bond acceptors (Lipinski definition) is 7. The van der Waals surface area contributed by atoms with Gasteiger partial charge in [-0.2, -0.15) is 8.78 Å². The van der Waals surface area contributed by atoms with Crippen LogP contribution in [0.1, 0.15) is 13.8 Å². The number of halogens is 2. The Kier molecular flexibility index (Phi) is 7.03. The lowest BCUT2D eigenvalue weighted by Gasteiger charge is -2.25. The maximum Gasteiger partial charge on any atom is 0.383 e. The summed E-state index contributed by atoms with van der Waals surface area (Å²) in [6.45, 7) is 2.27. The second kappa shape index (κ2) is 9.11. The van der Waals surface area contributed by atoms with Gasteiger partial charge < -0.3 is 16.4 Å². The summed E-state index contributed by atoms with van der Waals surface area (Å²) >= 11 is 1.27. The standard InChI is InChI=1S/C18H21F2N5O4S/c1-9(2)13(14(27)18(19,20)17(29)22-3)24-12(26)8-25-15(11-5-4-6-30-11)23-7-10(21)16(25)28/h4-7,9,13H,8,21H2,1-3H3,(H,22,29)(H,24,26). The number of hydrogen-bond donors (Lipinski definition) is 3. The first-order chi connectivity index (χ1) is 14.0. The van der Waals surface area contributed by atoms with Crippen LogP contribution in [0.15, 0.2) is 28.5 Å². The third kappa shape index (κ3) is 4.70. The summed E-state index contributed by atoms with van der Waals surface area (Å²) in [5.74, 6) is -9.31. The molecule has 0 radical (unpaired) electrons. The number of thiophene rings is 1. The van der Waals surface area contributed by atoms with E-state index in [0.717, 1.165) is 17.8 Å². The zero-order valence-corrected chi connectivity index (χ0v) is 17.3. The monoisotopic (exact) mass is 441 g/mol. The van der Waals surface area contributed by atoms with Crippen molar-refractivity contribution in [3.8, 4) is 10.7 Å². The number of carbonyl (C=O) groups is 3. The van der Waals surface area contributed by atoms with Gasteiger partial charge in [0, 0.05) is 7.05 Å². The summed E-state index contributed by atoms with van der Waals surface area (Å²) in [6.07, 6.45) is 1.16. The third-order valence-corrected chi connectivity index (χ3v) is 5.07. The molecule has 30 heavy (non-hydrogen) atoms. The number of nitrogens with two attached hydrogens (primary N) is 1. The Morgan fingerprint density at radius 2 is 2.00 bits per heavy atom. The number of anilines is 1. The molecule has 9 nitrogen and oxygen atoms in total. The summed E-state index contributed by atoms with van der Waals surface area (Å²) < 4.78 is 29.1. The van der Waals surface area contributed by atoms with Crippen LogP contribution >= 0.6 is 11.3 Å². The van der Waals surface area contributed by atoms with Gasteiger partial charge in [0.1, 0.15) is 12.2 Å². The first-order valence-corrected chi connectivity index (χ1v) is 9.71. The minimum atomic E-state index is -4.32. The summed E-state index contributed by atoms with van der Waals surface area (Å²) in [6, 6.07) is 1.75. The number of ketones is 1. The van der Waals surface area contributed by atoms with E-state index in [0.29, 0.717) is 4.88 Å². The molecule has 2 aromatic rings. The van der Waals surface area contributed by atoms with Crippen LogP contribution in [0.25, 0.3) is 10.7 Å². The average Bonchev–Trinajstić information content (AvgIpc) is 3.22. The highest BCUT2D eigenvalue weighted by Crippen LogP contribution is 2.23. The van der Waals surface area contributed by atoms with Gasteiger partial charge in [-0.3, -0.25) is 23.7 Å². The summed E-state index contributed by atoms with van der Waals surface area (Å²) in [5, 5.41) is 5.66. The minimum absolute atomic E-state index is 0.169. The molecule has 0 bridgehead atoms. The van der Waals surface area contributed by atoms with E-state index < -0.39 is 47.6 Å². The number of nitrogen functional groups attached to an aromatic ring is 1. The van der Waals surface area contributed by atoms with Crippen molar-refractivity contribution in [1.82, 2.24) is 20.2 Å². The largest absolute Gasteiger partial charge is 0.393 e. The van der Waals surface area contributed by atoms with Crippen molar-refractivity contribution >= 4 is 34.6 Å². The summed E-state index contributed by atoms with van der Waals surface area (Å²) in [5.41, 5.74) is 4.71. The molecule has 2 aromatic heterocycles. The fourth-order valence-corrected chi connectivity index (χ4v) is 3.35. The molecule has 0 fully saturated rings. The highest BCUT2D eigenvalue weighted by molar-refractivity contribution is 7.13. The maximum absolute atomic E-state index is 14.1. The molecule has 162 valence electrons. The quantitative estimate of drug-likeness (QED) is 0.515. The maximum atomic E-state index is 14.1. The lowest BCUT2D eigenvalue weighted by atomic mass is 9.95. The molecule has 0 aliphatic rings. The molecule has 0 saturated carbocycles. The Hall–Kier alpha value is -3.15. The van der Waals surface area contributed by atoms with Crippen LogP contribution in [0.3, 0.4) is 0 Å². The Labute approximate surface area is 174 Å². The number of carbonyl (C=O) groups excluding carboxylic acids is 3. The van der Waals surface area contributed by atoms with Crippen molar-refractivity contribution in [2.45, 2.75) is 32.4 Å². The Morgan fingerprint density at radius 3 is 2.53 bits per heavy atom. The average molecular weight is 441 g/mol. The van der Waals surface area contributed by atoms with Crippen molar-refractivity contribution in [1.29, 1.82) is 0 Å². The van der Waals surface area contributed by atoms with Crippen molar-refractivity contribution in [2.75, 3.05) is 12.8 Å². The number of aromatic nitrogens is 2. The van der Waals surface area contributed by atoms with Crippen LogP contribution in [0.4, 0.5) is 14.5 Å². The first-order valence-electron chi connectivity index (χ1n) is 8.83. The molecule has 2 rings (SSSR count). The van der Waals surface area contributed by atoms with Crippen molar-refractivity contribution in [3.63, 3.8) is 0 Å². The SMILES string of the molecule is CNC(=O)C(F)(F)C(=O)C(NC(=O)Cn1c(-c2cccs2)ncc(N)c1=O)C(C)C. The number of alkyl halides is 2. The predicted molar refractivity (Wildman–Crippen MR) is 107 cm³/mol. The Bertz CT molecular complexity index is 1000. The summed E-state index contributed by atoms with van der Waals surface area (Å²) in [4.78, 5) is 53.3. The molecular weight excluding hydrogens is 420 g/mol. The third-order valence-electron chi connectivity index (χ3n) is 4.20. The summed E-state index contributed by atoms with van der Waals surface area (Å²) in [7, 11) is 0.970. The number of Topliss-reactive ketones (excluding diaryl/α,β-unsaturated/α-hetero) is 1. The van der Waals surface area contributed by atoms with E-state index in [1.807, 2.05) is 0 Å². The highest BCUT2D eigenvalue weighted by Gasteiger charge is 2.50. The molecule has 0 saturated heterocycles. The fraction of sp³-hybridized carbons (Fsp3) is 0.389. The van der Waals surface area contributed by atoms with Crippen LogP contribution in [-0.4, -0.2) is 46.2 Å². The minimum Gasteiger partial charge on any atom is -0.393 e. The number of rotatable bonds is 8. The van der Waals surface area contributed by atoms with Crippen LogP contribution in [0, 0.1) is 5.92 Å². The molecule has 0 aliphatic heterocycles. The van der Waals surface area contributed by atoms with Gasteiger partial charge in [0.05, 0.1) is 17.1 Å². The van der Waals surface area contributed by atoms with Gasteiger partial charge in [0.25, 0.3) is 11.5 Å². The normalized spacial score (nSPS) is 12.5. The zero-order valence-electron chi connectivity index (χ0n) is 16.4. The van der Waals surface area contributed by atoms with Gasteiger partial charge >= 0.3 is 5.92 Å². The lowest BCUT2D eigenvalue weighted by Crippen LogP contribution is -2.56. The molecular formula is C18H21F2N5O4S. The van der Waals surface area contributed by atoms with Crippen LogP contribution in [0.5, 0.6) is 0 Å². The second-order valence-corrected chi connectivity index (χ2v) is 7.66. The number of amides is 2. The Morgan fingerprint density at radius 1 is 1.33 bits per heavy atom. The van der Waals surface area contributed by atoms with Crippen molar-refractivity contribution in [3.05, 3.63) is 34.1 Å². The second-order valence-electron chi connectivity index (χ2n) is 6.71. The van der Waals surface area contributed by atoms with Gasteiger partial charge in [0.2, 0.25) is 11.7 Å². The van der Waals surface area contributed by atoms with E-state index in [9.17, 15) is 28.0 Å². The number of nitrogens with one attached hydrogen (secondary N) is 2. The van der Waals surface area contributed by atoms with Gasteiger partial charge in [0.15, 0.2) is 5.82 Å². The van der Waals surface area contributed by atoms with Gasteiger partial charge in [-0.1, -0.05) is 19.9 Å². The van der Waals surface area contributed by atoms with Crippen molar-refractivity contribution in [2.24, 2.45) is 5.92 Å². The molecule has 12 heteroatoms. The van der Waals surface area contributed by atoms with Gasteiger partial charge in [-0.25, -0.2) is 4.98 Å².